The van der Waals surface area contributed by atoms with Crippen molar-refractivity contribution < 1.29 is 4.79 Å². The van der Waals surface area contributed by atoms with Crippen molar-refractivity contribution in [2.24, 2.45) is 11.7 Å². The molecule has 8 heteroatoms. The van der Waals surface area contributed by atoms with Gasteiger partial charge >= 0.3 is 0 Å². The first-order chi connectivity index (χ1) is 11.3. The van der Waals surface area contributed by atoms with Crippen molar-refractivity contribution in [3.63, 3.8) is 0 Å². The molecule has 0 bridgehead atoms. The molecule has 0 saturated carbocycles. The molecule has 1 aromatic heterocycles. The van der Waals surface area contributed by atoms with E-state index in [1.54, 1.807) is 0 Å². The molecule has 0 aliphatic carbocycles. The third-order valence-electron chi connectivity index (χ3n) is 3.80. The zero-order valence-corrected chi connectivity index (χ0v) is 16.0. The molecule has 0 spiro atoms. The molecule has 0 saturated heterocycles. The number of hydrogen-bond donors (Lipinski definition) is 2. The summed E-state index contributed by atoms with van der Waals surface area (Å²) >= 11 is 0. The van der Waals surface area contributed by atoms with Crippen LogP contribution in [0.25, 0.3) is 11.4 Å². The summed E-state index contributed by atoms with van der Waals surface area (Å²) in [6, 6.07) is 7.85. The van der Waals surface area contributed by atoms with Gasteiger partial charge in [-0.15, -0.1) is 22.6 Å². The molecule has 0 aliphatic rings. The van der Waals surface area contributed by atoms with E-state index in [2.05, 4.69) is 34.6 Å². The summed E-state index contributed by atoms with van der Waals surface area (Å²) in [6.07, 6.45) is 0.814. The number of tetrazole rings is 1. The van der Waals surface area contributed by atoms with E-state index < -0.39 is 5.54 Å². The fourth-order valence-corrected chi connectivity index (χ4v) is 2.72. The maximum Gasteiger partial charge on any atom is 0.244 e. The Morgan fingerprint density at radius 2 is 1.96 bits per heavy atom. The Kier molecular flexibility index (Phi) is 7.51. The number of amides is 1. The van der Waals surface area contributed by atoms with Crippen LogP contribution in [0.3, 0.4) is 0 Å². The molecule has 1 amide bonds. The Morgan fingerprint density at radius 3 is 2.52 bits per heavy atom. The number of rotatable bonds is 7. The van der Waals surface area contributed by atoms with E-state index in [-0.39, 0.29) is 24.9 Å². The lowest BCUT2D eigenvalue weighted by atomic mass is 9.91. The first-order valence-electron chi connectivity index (χ1n) is 8.17. The van der Waals surface area contributed by atoms with E-state index in [0.717, 1.165) is 17.5 Å². The highest BCUT2D eigenvalue weighted by molar-refractivity contribution is 5.85. The summed E-state index contributed by atoms with van der Waals surface area (Å²) in [4.78, 5) is 13.6. The van der Waals surface area contributed by atoms with Crippen LogP contribution in [0.2, 0.25) is 0 Å². The zero-order chi connectivity index (χ0) is 17.7. The lowest BCUT2D eigenvalue weighted by Crippen LogP contribution is -2.53. The third-order valence-corrected chi connectivity index (χ3v) is 3.80. The van der Waals surface area contributed by atoms with Crippen LogP contribution >= 0.6 is 12.4 Å². The lowest BCUT2D eigenvalue weighted by Gasteiger charge is -2.31. The SMILES string of the molecule is Cc1ccc(-c2nnn(CC(=O)NC(C)(CN)CC(C)C)n2)cc1.Cl. The van der Waals surface area contributed by atoms with E-state index >= 15 is 0 Å². The first kappa shape index (κ1) is 21.1. The predicted octanol–water partition coefficient (Wildman–Crippen LogP) is 1.95. The molecule has 2 rings (SSSR count). The highest BCUT2D eigenvalue weighted by Gasteiger charge is 2.26. The number of nitrogens with two attached hydrogens (primary N) is 1. The summed E-state index contributed by atoms with van der Waals surface area (Å²) in [5, 5.41) is 15.2. The van der Waals surface area contributed by atoms with Gasteiger partial charge in [-0.2, -0.15) is 4.80 Å². The molecule has 0 radical (unpaired) electrons. The van der Waals surface area contributed by atoms with Gasteiger partial charge in [-0.3, -0.25) is 4.79 Å². The van der Waals surface area contributed by atoms with Crippen LogP contribution in [-0.4, -0.2) is 38.2 Å². The maximum atomic E-state index is 12.3. The first-order valence-corrected chi connectivity index (χ1v) is 8.17. The van der Waals surface area contributed by atoms with Gasteiger partial charge in [0, 0.05) is 17.6 Å². The highest BCUT2D eigenvalue weighted by Crippen LogP contribution is 2.16. The second kappa shape index (κ2) is 8.92. The van der Waals surface area contributed by atoms with E-state index in [1.165, 1.54) is 4.80 Å². The van der Waals surface area contributed by atoms with Crippen LogP contribution < -0.4 is 11.1 Å². The van der Waals surface area contributed by atoms with Crippen molar-refractivity contribution in [1.82, 2.24) is 25.5 Å². The topological polar surface area (TPSA) is 98.7 Å². The molecule has 7 nitrogen and oxygen atoms in total. The van der Waals surface area contributed by atoms with Crippen LogP contribution in [0.5, 0.6) is 0 Å². The molecule has 0 fully saturated rings. The van der Waals surface area contributed by atoms with Gasteiger partial charge in [0.1, 0.15) is 6.54 Å². The van der Waals surface area contributed by atoms with E-state index in [0.29, 0.717) is 18.3 Å². The van der Waals surface area contributed by atoms with Crippen molar-refractivity contribution in [2.45, 2.75) is 46.2 Å². The Labute approximate surface area is 154 Å². The van der Waals surface area contributed by atoms with Crippen LogP contribution in [-0.2, 0) is 11.3 Å². The maximum absolute atomic E-state index is 12.3. The van der Waals surface area contributed by atoms with Crippen LogP contribution in [0.1, 0.15) is 32.8 Å². The quantitative estimate of drug-likeness (QED) is 0.780. The summed E-state index contributed by atoms with van der Waals surface area (Å²) in [7, 11) is 0. The molecule has 3 N–H and O–H groups in total. The molecule has 1 aromatic carbocycles. The van der Waals surface area contributed by atoms with Crippen LogP contribution in [0.4, 0.5) is 0 Å². The van der Waals surface area contributed by atoms with E-state index in [4.69, 9.17) is 5.73 Å². The third kappa shape index (κ3) is 6.10. The largest absolute Gasteiger partial charge is 0.348 e. The number of halogens is 1. The second-order valence-corrected chi connectivity index (χ2v) is 6.92. The minimum absolute atomic E-state index is 0. The molecule has 138 valence electrons. The number of nitrogens with one attached hydrogen (secondary N) is 1. The molecule has 25 heavy (non-hydrogen) atoms. The number of carbonyl (C=O) groups is 1. The van der Waals surface area contributed by atoms with Crippen LogP contribution in [0, 0.1) is 12.8 Å². The standard InChI is InChI=1S/C17H26N6O.ClH/c1-12(2)9-17(4,11-18)19-15(24)10-23-21-16(20-22-23)14-7-5-13(3)6-8-14;/h5-8,12H,9-11,18H2,1-4H3,(H,19,24);1H. The molecule has 1 heterocycles. The normalized spacial score (nSPS) is 13.2. The van der Waals surface area contributed by atoms with Gasteiger partial charge in [-0.05, 0) is 31.4 Å². The molecule has 1 unspecified atom stereocenters. The number of hydrogen-bond acceptors (Lipinski definition) is 5. The molecular formula is C17H27ClN6O. The summed E-state index contributed by atoms with van der Waals surface area (Å²) in [5.41, 5.74) is 7.44. The second-order valence-electron chi connectivity index (χ2n) is 6.92. The number of aryl methyl sites for hydroxylation is 1. The minimum atomic E-state index is -0.425. The molecule has 2 aromatic rings. The van der Waals surface area contributed by atoms with Gasteiger partial charge in [0.25, 0.3) is 0 Å². The number of carbonyl (C=O) groups excluding carboxylic acids is 1. The van der Waals surface area contributed by atoms with Crippen LogP contribution in [0.15, 0.2) is 24.3 Å². The lowest BCUT2D eigenvalue weighted by molar-refractivity contribution is -0.124. The van der Waals surface area contributed by atoms with E-state index in [9.17, 15) is 4.79 Å². The van der Waals surface area contributed by atoms with E-state index in [1.807, 2.05) is 38.1 Å². The molecular weight excluding hydrogens is 340 g/mol. The predicted molar refractivity (Wildman–Crippen MR) is 100 cm³/mol. The Balaban J connectivity index is 0.00000312. The monoisotopic (exact) mass is 366 g/mol. The van der Waals surface area contributed by atoms with Crippen molar-refractivity contribution in [2.75, 3.05) is 6.54 Å². The van der Waals surface area contributed by atoms with Gasteiger partial charge in [-0.1, -0.05) is 43.7 Å². The minimum Gasteiger partial charge on any atom is -0.348 e. The number of aromatic nitrogens is 4. The smallest absolute Gasteiger partial charge is 0.244 e. The van der Waals surface area contributed by atoms with Gasteiger partial charge < -0.3 is 11.1 Å². The highest BCUT2D eigenvalue weighted by atomic mass is 35.5. The average Bonchev–Trinajstić information content (AvgIpc) is 2.95. The molecule has 0 aliphatic heterocycles. The van der Waals surface area contributed by atoms with Crippen molar-refractivity contribution in [3.8, 4) is 11.4 Å². The van der Waals surface area contributed by atoms with Gasteiger partial charge in [0.15, 0.2) is 0 Å². The summed E-state index contributed by atoms with van der Waals surface area (Å²) in [5.74, 6) is 0.777. The Hall–Kier alpha value is -1.99. The number of benzene rings is 1. The summed E-state index contributed by atoms with van der Waals surface area (Å²) in [6.45, 7) is 8.59. The zero-order valence-electron chi connectivity index (χ0n) is 15.2. The average molecular weight is 367 g/mol. The fraction of sp³-hybridized carbons (Fsp3) is 0.529. The van der Waals surface area contributed by atoms with Crippen molar-refractivity contribution in [3.05, 3.63) is 29.8 Å². The van der Waals surface area contributed by atoms with Crippen molar-refractivity contribution >= 4 is 18.3 Å². The number of nitrogens with zero attached hydrogens (tertiary/aromatic N) is 4. The van der Waals surface area contributed by atoms with Gasteiger partial charge in [0.2, 0.25) is 11.7 Å². The fourth-order valence-electron chi connectivity index (χ4n) is 2.72. The Bertz CT molecular complexity index is 685. The van der Waals surface area contributed by atoms with Gasteiger partial charge in [0.05, 0.1) is 0 Å². The molecule has 1 atom stereocenters. The Morgan fingerprint density at radius 1 is 1.32 bits per heavy atom. The summed E-state index contributed by atoms with van der Waals surface area (Å²) < 4.78 is 0. The van der Waals surface area contributed by atoms with Gasteiger partial charge in [-0.25, -0.2) is 0 Å². The van der Waals surface area contributed by atoms with Crippen molar-refractivity contribution in [1.29, 1.82) is 0 Å².